The van der Waals surface area contributed by atoms with Gasteiger partial charge in [0.1, 0.15) is 5.75 Å². The Bertz CT molecular complexity index is 788. The molecule has 142 valence electrons. The average molecular weight is 367 g/mol. The van der Waals surface area contributed by atoms with Crippen LogP contribution in [0.1, 0.15) is 24.5 Å². The third kappa shape index (κ3) is 7.73. The highest BCUT2D eigenvalue weighted by atomic mass is 16.5. The summed E-state index contributed by atoms with van der Waals surface area (Å²) in [5, 5.41) is 6.79. The molecule has 0 heterocycles. The molecular formula is C21H25N3O3. The second kappa shape index (κ2) is 10.8. The maximum absolute atomic E-state index is 11.9. The molecular weight excluding hydrogens is 342 g/mol. The van der Waals surface area contributed by atoms with Crippen molar-refractivity contribution in [3.8, 4) is 5.75 Å². The van der Waals surface area contributed by atoms with Crippen molar-refractivity contribution >= 4 is 17.5 Å². The van der Waals surface area contributed by atoms with Crippen LogP contribution in [0.2, 0.25) is 0 Å². The summed E-state index contributed by atoms with van der Waals surface area (Å²) in [6, 6.07) is 17.4. The van der Waals surface area contributed by atoms with Gasteiger partial charge in [-0.15, -0.1) is 0 Å². The standard InChI is InChI=1S/C21H25N3O3/c1-16-8-6-7-11-19(16)27-15-21(26)24-23-17(2)14-20(25)22-13-12-18-9-4-3-5-10-18/h3-11H,12-15H2,1-2H3,(H,22,25)(H,24,26)/b23-17-. The number of aryl methyl sites for hydroxylation is 1. The normalized spacial score (nSPS) is 11.0. The fourth-order valence-electron chi connectivity index (χ4n) is 2.38. The van der Waals surface area contributed by atoms with Gasteiger partial charge in [-0.2, -0.15) is 5.10 Å². The Hall–Kier alpha value is -3.15. The predicted molar refractivity (Wildman–Crippen MR) is 106 cm³/mol. The van der Waals surface area contributed by atoms with Gasteiger partial charge in [0.2, 0.25) is 5.91 Å². The zero-order chi connectivity index (χ0) is 19.5. The van der Waals surface area contributed by atoms with Gasteiger partial charge in [0.25, 0.3) is 5.91 Å². The highest BCUT2D eigenvalue weighted by Crippen LogP contribution is 2.15. The zero-order valence-electron chi connectivity index (χ0n) is 15.7. The minimum atomic E-state index is -0.373. The zero-order valence-corrected chi connectivity index (χ0v) is 15.7. The van der Waals surface area contributed by atoms with E-state index in [-0.39, 0.29) is 24.8 Å². The smallest absolute Gasteiger partial charge is 0.277 e. The summed E-state index contributed by atoms with van der Waals surface area (Å²) in [5.41, 5.74) is 5.05. The van der Waals surface area contributed by atoms with E-state index in [0.29, 0.717) is 18.0 Å². The Morgan fingerprint density at radius 1 is 1.00 bits per heavy atom. The molecule has 2 amide bonds. The summed E-state index contributed by atoms with van der Waals surface area (Å²) in [6.45, 7) is 4.03. The number of rotatable bonds is 9. The van der Waals surface area contributed by atoms with Gasteiger partial charge in [0, 0.05) is 12.3 Å². The van der Waals surface area contributed by atoms with E-state index in [1.807, 2.05) is 55.5 Å². The van der Waals surface area contributed by atoms with E-state index in [2.05, 4.69) is 15.8 Å². The van der Waals surface area contributed by atoms with Crippen LogP contribution in [0.4, 0.5) is 0 Å². The van der Waals surface area contributed by atoms with E-state index in [1.54, 1.807) is 13.0 Å². The van der Waals surface area contributed by atoms with Crippen LogP contribution in [0.3, 0.4) is 0 Å². The molecule has 27 heavy (non-hydrogen) atoms. The van der Waals surface area contributed by atoms with E-state index in [1.165, 1.54) is 5.56 Å². The van der Waals surface area contributed by atoms with Crippen LogP contribution < -0.4 is 15.5 Å². The number of hydrogen-bond acceptors (Lipinski definition) is 4. The predicted octanol–water partition coefficient (Wildman–Crippen LogP) is 2.61. The molecule has 2 rings (SSSR count). The van der Waals surface area contributed by atoms with E-state index in [0.717, 1.165) is 12.0 Å². The molecule has 6 nitrogen and oxygen atoms in total. The van der Waals surface area contributed by atoms with Crippen molar-refractivity contribution < 1.29 is 14.3 Å². The minimum absolute atomic E-state index is 0.127. The molecule has 0 radical (unpaired) electrons. The Kier molecular flexibility index (Phi) is 8.03. The summed E-state index contributed by atoms with van der Waals surface area (Å²) in [7, 11) is 0. The van der Waals surface area contributed by atoms with Crippen LogP contribution >= 0.6 is 0 Å². The molecule has 0 saturated heterocycles. The van der Waals surface area contributed by atoms with Crippen LogP contribution in [0.5, 0.6) is 5.75 Å². The van der Waals surface area contributed by atoms with Crippen molar-refractivity contribution in [2.75, 3.05) is 13.2 Å². The Morgan fingerprint density at radius 3 is 2.44 bits per heavy atom. The number of carbonyl (C=O) groups is 2. The summed E-state index contributed by atoms with van der Waals surface area (Å²) in [4.78, 5) is 23.7. The Balaban J connectivity index is 1.66. The van der Waals surface area contributed by atoms with Crippen molar-refractivity contribution in [1.29, 1.82) is 0 Å². The number of ether oxygens (including phenoxy) is 1. The molecule has 6 heteroatoms. The van der Waals surface area contributed by atoms with E-state index in [9.17, 15) is 9.59 Å². The number of nitrogens with one attached hydrogen (secondary N) is 2. The average Bonchev–Trinajstić information content (AvgIpc) is 2.66. The largest absolute Gasteiger partial charge is 0.483 e. The highest BCUT2D eigenvalue weighted by molar-refractivity contribution is 6.00. The minimum Gasteiger partial charge on any atom is -0.483 e. The van der Waals surface area contributed by atoms with Crippen LogP contribution in [-0.2, 0) is 16.0 Å². The number of hydrogen-bond donors (Lipinski definition) is 2. The molecule has 2 N–H and O–H groups in total. The molecule has 0 fully saturated rings. The number of amides is 2. The van der Waals surface area contributed by atoms with Crippen LogP contribution in [0, 0.1) is 6.92 Å². The first-order valence-electron chi connectivity index (χ1n) is 8.85. The lowest BCUT2D eigenvalue weighted by molar-refractivity contribution is -0.123. The second-order valence-electron chi connectivity index (χ2n) is 6.20. The maximum Gasteiger partial charge on any atom is 0.277 e. The molecule has 2 aromatic rings. The van der Waals surface area contributed by atoms with E-state index >= 15 is 0 Å². The second-order valence-corrected chi connectivity index (χ2v) is 6.20. The molecule has 2 aromatic carbocycles. The van der Waals surface area contributed by atoms with Gasteiger partial charge < -0.3 is 10.1 Å². The number of carbonyl (C=O) groups excluding carboxylic acids is 2. The van der Waals surface area contributed by atoms with E-state index in [4.69, 9.17) is 4.74 Å². The first-order chi connectivity index (χ1) is 13.0. The van der Waals surface area contributed by atoms with Crippen molar-refractivity contribution in [3.05, 3.63) is 65.7 Å². The van der Waals surface area contributed by atoms with Gasteiger partial charge in [-0.3, -0.25) is 9.59 Å². The first kappa shape index (κ1) is 20.2. The lowest BCUT2D eigenvalue weighted by Crippen LogP contribution is -2.29. The third-order valence-electron chi connectivity index (χ3n) is 3.82. The first-order valence-corrected chi connectivity index (χ1v) is 8.85. The number of para-hydroxylation sites is 1. The molecule has 0 aromatic heterocycles. The summed E-state index contributed by atoms with van der Waals surface area (Å²) >= 11 is 0. The van der Waals surface area contributed by atoms with Crippen molar-refractivity contribution in [3.63, 3.8) is 0 Å². The third-order valence-corrected chi connectivity index (χ3v) is 3.82. The molecule has 0 unspecified atom stereocenters. The van der Waals surface area contributed by atoms with Crippen LogP contribution in [0.25, 0.3) is 0 Å². The SMILES string of the molecule is C/C(CC(=O)NCCc1ccccc1)=N/NC(=O)COc1ccccc1C. The van der Waals surface area contributed by atoms with Crippen LogP contribution in [-0.4, -0.2) is 30.7 Å². The summed E-state index contributed by atoms with van der Waals surface area (Å²) in [5.74, 6) is 0.158. The lowest BCUT2D eigenvalue weighted by Gasteiger charge is -2.08. The lowest BCUT2D eigenvalue weighted by atomic mass is 10.1. The molecule has 0 aliphatic heterocycles. The fourth-order valence-corrected chi connectivity index (χ4v) is 2.38. The quantitative estimate of drug-likeness (QED) is 0.528. The van der Waals surface area contributed by atoms with Gasteiger partial charge in [-0.25, -0.2) is 5.43 Å². The monoisotopic (exact) mass is 367 g/mol. The Labute approximate surface area is 159 Å². The molecule has 0 saturated carbocycles. The van der Waals surface area contributed by atoms with Crippen molar-refractivity contribution in [2.45, 2.75) is 26.7 Å². The van der Waals surface area contributed by atoms with Crippen LogP contribution in [0.15, 0.2) is 59.7 Å². The highest BCUT2D eigenvalue weighted by Gasteiger charge is 2.06. The molecule has 0 aliphatic rings. The Morgan fingerprint density at radius 2 is 1.70 bits per heavy atom. The fraction of sp³-hybridized carbons (Fsp3) is 0.286. The van der Waals surface area contributed by atoms with Gasteiger partial charge in [-0.1, -0.05) is 48.5 Å². The van der Waals surface area contributed by atoms with Crippen molar-refractivity contribution in [1.82, 2.24) is 10.7 Å². The van der Waals surface area contributed by atoms with Gasteiger partial charge in [0.15, 0.2) is 6.61 Å². The molecule has 0 atom stereocenters. The molecule has 0 aliphatic carbocycles. The summed E-state index contributed by atoms with van der Waals surface area (Å²) in [6.07, 6.45) is 0.906. The molecule has 0 spiro atoms. The summed E-state index contributed by atoms with van der Waals surface area (Å²) < 4.78 is 5.45. The number of hydrazone groups is 1. The van der Waals surface area contributed by atoms with Gasteiger partial charge in [-0.05, 0) is 37.5 Å². The maximum atomic E-state index is 11.9. The van der Waals surface area contributed by atoms with Gasteiger partial charge >= 0.3 is 0 Å². The number of nitrogens with zero attached hydrogens (tertiary/aromatic N) is 1. The van der Waals surface area contributed by atoms with Gasteiger partial charge in [0.05, 0.1) is 6.42 Å². The topological polar surface area (TPSA) is 79.8 Å². The van der Waals surface area contributed by atoms with E-state index < -0.39 is 0 Å². The molecule has 0 bridgehead atoms. The van der Waals surface area contributed by atoms with Crippen molar-refractivity contribution in [2.24, 2.45) is 5.10 Å². The number of benzene rings is 2.